The molecule has 5 rings (SSSR count). The Morgan fingerprint density at radius 3 is 2.42 bits per heavy atom. The van der Waals surface area contributed by atoms with Crippen LogP contribution in [0.15, 0.2) is 77.4 Å². The van der Waals surface area contributed by atoms with Crippen LogP contribution in [0.3, 0.4) is 0 Å². The molecule has 1 aliphatic rings. The van der Waals surface area contributed by atoms with Gasteiger partial charge in [-0.15, -0.1) is 17.5 Å². The summed E-state index contributed by atoms with van der Waals surface area (Å²) in [5.74, 6) is 1.88. The van der Waals surface area contributed by atoms with E-state index in [2.05, 4.69) is 44.7 Å². The van der Waals surface area contributed by atoms with Gasteiger partial charge in [-0.25, -0.2) is 4.68 Å². The number of piperazine rings is 1. The lowest BCUT2D eigenvalue weighted by molar-refractivity contribution is 0.0559. The third kappa shape index (κ3) is 5.58. The summed E-state index contributed by atoms with van der Waals surface area (Å²) >= 11 is 0. The molecular weight excluding hydrogens is 480 g/mol. The zero-order valence-electron chi connectivity index (χ0n) is 20.1. The molecule has 3 heterocycles. The molecular formula is C26H29ClN6O3. The highest BCUT2D eigenvalue weighted by Crippen LogP contribution is 2.30. The molecule has 2 aromatic heterocycles. The second-order valence-electron chi connectivity index (χ2n) is 8.39. The number of tetrazole rings is 1. The first-order valence-electron chi connectivity index (χ1n) is 11.8. The van der Waals surface area contributed by atoms with Gasteiger partial charge in [0, 0.05) is 26.2 Å². The summed E-state index contributed by atoms with van der Waals surface area (Å²) < 4.78 is 12.8. The van der Waals surface area contributed by atoms with Crippen molar-refractivity contribution in [2.75, 3.05) is 32.8 Å². The average Bonchev–Trinajstić information content (AvgIpc) is 3.59. The number of benzene rings is 2. The van der Waals surface area contributed by atoms with Gasteiger partial charge in [-0.3, -0.25) is 9.69 Å². The standard InChI is InChI=1S/C26H28N6O3.ClH/c1-2-34-22-12-10-21(11-13-22)24(25-27-28-29-32(25)19-20-7-4-3-5-8-20)30-14-16-31(17-15-30)26(33)23-9-6-18-35-23;/h3-13,18,24H,2,14-17,19H2,1H3;1H. The van der Waals surface area contributed by atoms with Crippen LogP contribution in [0.4, 0.5) is 0 Å². The second kappa shape index (κ2) is 11.8. The van der Waals surface area contributed by atoms with Crippen molar-refractivity contribution in [1.82, 2.24) is 30.0 Å². The molecule has 0 radical (unpaired) electrons. The highest BCUT2D eigenvalue weighted by molar-refractivity contribution is 5.91. The van der Waals surface area contributed by atoms with Crippen molar-refractivity contribution in [3.05, 3.63) is 95.7 Å². The van der Waals surface area contributed by atoms with Crippen LogP contribution in [0.1, 0.15) is 40.5 Å². The topological polar surface area (TPSA) is 89.5 Å². The fourth-order valence-electron chi connectivity index (χ4n) is 4.45. The number of hydrogen-bond donors (Lipinski definition) is 0. The van der Waals surface area contributed by atoms with Gasteiger partial charge < -0.3 is 14.1 Å². The molecule has 188 valence electrons. The molecule has 1 saturated heterocycles. The Morgan fingerprint density at radius 2 is 1.75 bits per heavy atom. The predicted octanol–water partition coefficient (Wildman–Crippen LogP) is 3.68. The molecule has 1 unspecified atom stereocenters. The Balaban J connectivity index is 0.00000304. The Kier molecular flexibility index (Phi) is 8.35. The van der Waals surface area contributed by atoms with Crippen LogP contribution in [0.2, 0.25) is 0 Å². The number of furan rings is 1. The van der Waals surface area contributed by atoms with Crippen LogP contribution in [-0.4, -0.2) is 68.7 Å². The number of ether oxygens (including phenoxy) is 1. The summed E-state index contributed by atoms with van der Waals surface area (Å²) in [7, 11) is 0. The van der Waals surface area contributed by atoms with Gasteiger partial charge in [0.25, 0.3) is 5.91 Å². The summed E-state index contributed by atoms with van der Waals surface area (Å²) in [6.07, 6.45) is 1.53. The Bertz CT molecular complexity index is 1220. The molecule has 10 heteroatoms. The molecule has 0 bridgehead atoms. The highest BCUT2D eigenvalue weighted by Gasteiger charge is 2.32. The first-order chi connectivity index (χ1) is 17.2. The lowest BCUT2D eigenvalue weighted by atomic mass is 10.0. The highest BCUT2D eigenvalue weighted by atomic mass is 35.5. The Hall–Kier alpha value is -3.69. The summed E-state index contributed by atoms with van der Waals surface area (Å²) in [5.41, 5.74) is 2.20. The fourth-order valence-corrected chi connectivity index (χ4v) is 4.45. The maximum Gasteiger partial charge on any atom is 0.289 e. The first kappa shape index (κ1) is 25.4. The second-order valence-corrected chi connectivity index (χ2v) is 8.39. The van der Waals surface area contributed by atoms with Crippen molar-refractivity contribution in [2.45, 2.75) is 19.5 Å². The summed E-state index contributed by atoms with van der Waals surface area (Å²) in [4.78, 5) is 16.9. The quantitative estimate of drug-likeness (QED) is 0.358. The number of halogens is 1. The van der Waals surface area contributed by atoms with E-state index in [0.717, 1.165) is 22.7 Å². The van der Waals surface area contributed by atoms with Crippen molar-refractivity contribution >= 4 is 18.3 Å². The zero-order chi connectivity index (χ0) is 24.0. The molecule has 1 atom stereocenters. The molecule has 0 saturated carbocycles. The van der Waals surface area contributed by atoms with E-state index in [4.69, 9.17) is 9.15 Å². The molecule has 1 aliphatic heterocycles. The maximum absolute atomic E-state index is 12.8. The Labute approximate surface area is 216 Å². The van der Waals surface area contributed by atoms with Gasteiger partial charge in [0.2, 0.25) is 0 Å². The molecule has 36 heavy (non-hydrogen) atoms. The molecule has 1 amide bonds. The number of amides is 1. The third-order valence-electron chi connectivity index (χ3n) is 6.18. The van der Waals surface area contributed by atoms with Crippen LogP contribution >= 0.6 is 12.4 Å². The molecule has 9 nitrogen and oxygen atoms in total. The van der Waals surface area contributed by atoms with Gasteiger partial charge in [0.15, 0.2) is 11.6 Å². The Morgan fingerprint density at radius 1 is 1.00 bits per heavy atom. The van der Waals surface area contributed by atoms with Crippen LogP contribution in [0.25, 0.3) is 0 Å². The van der Waals surface area contributed by atoms with Crippen molar-refractivity contribution in [1.29, 1.82) is 0 Å². The monoisotopic (exact) mass is 508 g/mol. The number of nitrogens with zero attached hydrogens (tertiary/aromatic N) is 6. The summed E-state index contributed by atoms with van der Waals surface area (Å²) in [6, 6.07) is 21.5. The first-order valence-corrected chi connectivity index (χ1v) is 11.8. The van der Waals surface area contributed by atoms with E-state index in [0.29, 0.717) is 45.1 Å². The van der Waals surface area contributed by atoms with Gasteiger partial charge >= 0.3 is 0 Å². The van der Waals surface area contributed by atoms with Gasteiger partial charge in [0.05, 0.1) is 25.5 Å². The number of aromatic nitrogens is 4. The van der Waals surface area contributed by atoms with Crippen LogP contribution in [0.5, 0.6) is 5.75 Å². The average molecular weight is 509 g/mol. The minimum atomic E-state index is -0.162. The summed E-state index contributed by atoms with van der Waals surface area (Å²) in [6.45, 7) is 5.71. The molecule has 0 aliphatic carbocycles. The normalized spacial score (nSPS) is 14.8. The van der Waals surface area contributed by atoms with Crippen molar-refractivity contribution in [2.24, 2.45) is 0 Å². The van der Waals surface area contributed by atoms with E-state index in [-0.39, 0.29) is 24.4 Å². The minimum Gasteiger partial charge on any atom is -0.494 e. The van der Waals surface area contributed by atoms with Gasteiger partial charge in [0.1, 0.15) is 5.75 Å². The van der Waals surface area contributed by atoms with E-state index < -0.39 is 0 Å². The smallest absolute Gasteiger partial charge is 0.289 e. The minimum absolute atomic E-state index is 0. The van der Waals surface area contributed by atoms with Gasteiger partial charge in [-0.2, -0.15) is 0 Å². The molecule has 0 spiro atoms. The van der Waals surface area contributed by atoms with Crippen LogP contribution < -0.4 is 4.74 Å². The van der Waals surface area contributed by atoms with Crippen LogP contribution in [0, 0.1) is 0 Å². The van der Waals surface area contributed by atoms with E-state index in [1.54, 1.807) is 12.1 Å². The number of rotatable bonds is 8. The largest absolute Gasteiger partial charge is 0.494 e. The maximum atomic E-state index is 12.8. The van der Waals surface area contributed by atoms with E-state index >= 15 is 0 Å². The molecule has 0 N–H and O–H groups in total. The lowest BCUT2D eigenvalue weighted by Gasteiger charge is -2.38. The number of hydrogen-bond acceptors (Lipinski definition) is 7. The molecule has 2 aromatic carbocycles. The lowest BCUT2D eigenvalue weighted by Crippen LogP contribution is -2.50. The number of carbonyl (C=O) groups excluding carboxylic acids is 1. The summed E-state index contributed by atoms with van der Waals surface area (Å²) in [5, 5.41) is 12.8. The third-order valence-corrected chi connectivity index (χ3v) is 6.18. The molecule has 1 fully saturated rings. The van der Waals surface area contributed by atoms with Crippen molar-refractivity contribution in [3.63, 3.8) is 0 Å². The van der Waals surface area contributed by atoms with E-state index in [1.165, 1.54) is 6.26 Å². The van der Waals surface area contributed by atoms with E-state index in [9.17, 15) is 4.79 Å². The SMILES string of the molecule is CCOc1ccc(C(c2nnnn2Cc2ccccc2)N2CCN(C(=O)c3ccco3)CC2)cc1.Cl. The predicted molar refractivity (Wildman–Crippen MR) is 136 cm³/mol. The zero-order valence-corrected chi connectivity index (χ0v) is 20.9. The number of carbonyl (C=O) groups is 1. The van der Waals surface area contributed by atoms with Gasteiger partial charge in [-0.05, 0) is 52.7 Å². The van der Waals surface area contributed by atoms with Crippen molar-refractivity contribution < 1.29 is 13.9 Å². The van der Waals surface area contributed by atoms with Crippen LogP contribution in [-0.2, 0) is 6.54 Å². The fraction of sp³-hybridized carbons (Fsp3) is 0.308. The van der Waals surface area contributed by atoms with Gasteiger partial charge in [-0.1, -0.05) is 42.5 Å². The van der Waals surface area contributed by atoms with E-state index in [1.807, 2.05) is 46.8 Å². The molecule has 4 aromatic rings. The van der Waals surface area contributed by atoms with Crippen molar-refractivity contribution in [3.8, 4) is 5.75 Å².